The van der Waals surface area contributed by atoms with Crippen LogP contribution in [0.2, 0.25) is 0 Å². The summed E-state index contributed by atoms with van der Waals surface area (Å²) >= 11 is 0. The van der Waals surface area contributed by atoms with Gasteiger partial charge in [0.2, 0.25) is 0 Å². The van der Waals surface area contributed by atoms with E-state index in [2.05, 4.69) is 18.8 Å². The summed E-state index contributed by atoms with van der Waals surface area (Å²) in [6.45, 7) is 4.34. The van der Waals surface area contributed by atoms with Crippen LogP contribution < -0.4 is 5.11 Å². The van der Waals surface area contributed by atoms with Crippen molar-refractivity contribution in [2.24, 2.45) is 13.0 Å². The van der Waals surface area contributed by atoms with Gasteiger partial charge in [0.05, 0.1) is 0 Å². The Morgan fingerprint density at radius 2 is 2.00 bits per heavy atom. The van der Waals surface area contributed by atoms with Crippen LogP contribution in [0.4, 0.5) is 0 Å². The molecule has 0 saturated heterocycles. The Kier molecular flexibility index (Phi) is 13.2. The first-order valence-electron chi connectivity index (χ1n) is 7.01. The van der Waals surface area contributed by atoms with Gasteiger partial charge in [-0.05, 0) is 12.3 Å². The number of rotatable bonds is 8. The van der Waals surface area contributed by atoms with Gasteiger partial charge in [-0.15, -0.1) is 0 Å². The maximum absolute atomic E-state index is 11.9. The van der Waals surface area contributed by atoms with Gasteiger partial charge < -0.3 is 9.67 Å². The van der Waals surface area contributed by atoms with Gasteiger partial charge in [-0.25, -0.2) is 4.98 Å². The van der Waals surface area contributed by atoms with Gasteiger partial charge >= 0.3 is 0 Å². The van der Waals surface area contributed by atoms with Crippen LogP contribution in [0.5, 0.6) is 0 Å². The van der Waals surface area contributed by atoms with Crippen molar-refractivity contribution < 1.29 is 24.6 Å². The molecule has 0 spiro atoms. The molecule has 0 aromatic carbocycles. The molecule has 112 valence electrons. The zero-order chi connectivity index (χ0) is 13.4. The van der Waals surface area contributed by atoms with E-state index < -0.39 is 0 Å². The van der Waals surface area contributed by atoms with Crippen molar-refractivity contribution in [1.82, 2.24) is 9.55 Å². The molecule has 0 N–H and O–H groups in total. The SMILES string of the molecule is C.CCCCCCC[C@@H](C)/C=C(\[O-])c1nccn1C.[Zn]. The van der Waals surface area contributed by atoms with Crippen LogP contribution >= 0.6 is 0 Å². The molecule has 0 fully saturated rings. The molecular weight excluding hydrogens is 302 g/mol. The number of aryl methyl sites for hydroxylation is 1. The van der Waals surface area contributed by atoms with Gasteiger partial charge in [0.15, 0.2) is 0 Å². The fourth-order valence-electron chi connectivity index (χ4n) is 2.09. The Morgan fingerprint density at radius 1 is 1.35 bits per heavy atom. The minimum absolute atomic E-state index is 0. The molecule has 0 unspecified atom stereocenters. The van der Waals surface area contributed by atoms with E-state index in [1.54, 1.807) is 17.0 Å². The van der Waals surface area contributed by atoms with Gasteiger partial charge in [0.1, 0.15) is 5.82 Å². The zero-order valence-electron chi connectivity index (χ0n) is 12.6. The average Bonchev–Trinajstić information content (AvgIpc) is 2.75. The van der Waals surface area contributed by atoms with Gasteiger partial charge in [-0.1, -0.05) is 65.2 Å². The molecule has 1 aromatic heterocycles. The molecule has 1 rings (SSSR count). The molecule has 20 heavy (non-hydrogen) atoms. The molecule has 1 atom stereocenters. The van der Waals surface area contributed by atoms with Gasteiger partial charge in [-0.2, -0.15) is 0 Å². The minimum Gasteiger partial charge on any atom is -0.870 e. The molecule has 0 amide bonds. The first-order chi connectivity index (χ1) is 8.65. The molecule has 0 saturated carbocycles. The summed E-state index contributed by atoms with van der Waals surface area (Å²) in [4.78, 5) is 4.07. The summed E-state index contributed by atoms with van der Waals surface area (Å²) in [5.41, 5.74) is 0. The molecule has 4 heteroatoms. The first kappa shape index (κ1) is 21.7. The van der Waals surface area contributed by atoms with E-state index in [1.165, 1.54) is 32.1 Å². The quantitative estimate of drug-likeness (QED) is 0.414. The summed E-state index contributed by atoms with van der Waals surface area (Å²) in [5.74, 6) is 0.923. The van der Waals surface area contributed by atoms with Crippen molar-refractivity contribution >= 4 is 5.76 Å². The van der Waals surface area contributed by atoms with Crippen molar-refractivity contribution in [1.29, 1.82) is 0 Å². The van der Waals surface area contributed by atoms with Crippen molar-refractivity contribution in [3.8, 4) is 0 Å². The van der Waals surface area contributed by atoms with Gasteiger partial charge in [0.25, 0.3) is 0 Å². The molecule has 1 heterocycles. The van der Waals surface area contributed by atoms with Crippen LogP contribution in [0, 0.1) is 5.92 Å². The average molecular weight is 331 g/mol. The summed E-state index contributed by atoms with van der Waals surface area (Å²) in [6, 6.07) is 0. The third-order valence-electron chi connectivity index (χ3n) is 3.24. The molecule has 3 nitrogen and oxygen atoms in total. The van der Waals surface area contributed by atoms with E-state index in [0.717, 1.165) is 6.42 Å². The molecule has 0 radical (unpaired) electrons. The third-order valence-corrected chi connectivity index (χ3v) is 3.24. The van der Waals surface area contributed by atoms with Gasteiger partial charge in [-0.3, -0.25) is 0 Å². The smallest absolute Gasteiger partial charge is 0.124 e. The molecule has 0 aliphatic carbocycles. The fourth-order valence-corrected chi connectivity index (χ4v) is 2.09. The van der Waals surface area contributed by atoms with Crippen molar-refractivity contribution in [2.45, 2.75) is 59.8 Å². The first-order valence-corrected chi connectivity index (χ1v) is 7.01. The van der Waals surface area contributed by atoms with Crippen LogP contribution in [-0.4, -0.2) is 9.55 Å². The van der Waals surface area contributed by atoms with E-state index in [4.69, 9.17) is 0 Å². The van der Waals surface area contributed by atoms with E-state index in [1.807, 2.05) is 13.1 Å². The number of allylic oxidation sites excluding steroid dienone is 1. The van der Waals surface area contributed by atoms with E-state index in [0.29, 0.717) is 11.7 Å². The van der Waals surface area contributed by atoms with Crippen molar-refractivity contribution in [3.63, 3.8) is 0 Å². The largest absolute Gasteiger partial charge is 0.870 e. The molecule has 1 aromatic rings. The Morgan fingerprint density at radius 3 is 2.55 bits per heavy atom. The Bertz CT molecular complexity index is 374. The second kappa shape index (κ2) is 12.1. The summed E-state index contributed by atoms with van der Waals surface area (Å²) in [6.07, 6.45) is 12.8. The standard InChI is InChI=1S/C15H26N2O.CH4.Zn/c1-4-5-6-7-8-9-13(2)12-14(18)15-16-10-11-17(15)3;;/h10-13,18H,4-9H2,1-3H3;1H4;/p-1/b14-12-;;/t13-;;/m1../s1. The monoisotopic (exact) mass is 329 g/mol. The maximum Gasteiger partial charge on any atom is 0.124 e. The third kappa shape index (κ3) is 7.84. The van der Waals surface area contributed by atoms with E-state index >= 15 is 0 Å². The number of imidazole rings is 1. The van der Waals surface area contributed by atoms with E-state index in [-0.39, 0.29) is 32.7 Å². The topological polar surface area (TPSA) is 40.9 Å². The number of unbranched alkanes of at least 4 members (excludes halogenated alkanes) is 4. The predicted octanol–water partition coefficient (Wildman–Crippen LogP) is 3.75. The van der Waals surface area contributed by atoms with Gasteiger partial charge in [0, 0.05) is 38.9 Å². The van der Waals surface area contributed by atoms with Crippen LogP contribution in [0.25, 0.3) is 5.76 Å². The molecule has 0 bridgehead atoms. The Labute approximate surface area is 137 Å². The van der Waals surface area contributed by atoms with Crippen molar-refractivity contribution in [3.05, 3.63) is 24.3 Å². The zero-order valence-corrected chi connectivity index (χ0v) is 15.5. The summed E-state index contributed by atoms with van der Waals surface area (Å²) in [7, 11) is 1.85. The van der Waals surface area contributed by atoms with Crippen molar-refractivity contribution in [2.75, 3.05) is 0 Å². The number of hydrogen-bond acceptors (Lipinski definition) is 2. The van der Waals surface area contributed by atoms with Crippen LogP contribution in [0.1, 0.15) is 65.6 Å². The van der Waals surface area contributed by atoms with E-state index in [9.17, 15) is 5.11 Å². The Balaban J connectivity index is 0. The van der Waals surface area contributed by atoms with Crippen LogP contribution in [0.15, 0.2) is 18.5 Å². The number of aromatic nitrogens is 2. The number of nitrogens with zero attached hydrogens (tertiary/aromatic N) is 2. The fraction of sp³-hybridized carbons (Fsp3) is 0.688. The normalized spacial score (nSPS) is 12.4. The Hall–Kier alpha value is -0.627. The second-order valence-electron chi connectivity index (χ2n) is 5.07. The maximum atomic E-state index is 11.9. The predicted molar refractivity (Wildman–Crippen MR) is 80.5 cm³/mol. The summed E-state index contributed by atoms with van der Waals surface area (Å²) in [5, 5.41) is 11.9. The number of hydrogen-bond donors (Lipinski definition) is 0. The second-order valence-corrected chi connectivity index (χ2v) is 5.07. The van der Waals surface area contributed by atoms with Crippen LogP contribution in [-0.2, 0) is 26.5 Å². The molecular formula is C16H29N2OZn-. The molecule has 0 aliphatic heterocycles. The summed E-state index contributed by atoms with van der Waals surface area (Å²) < 4.78 is 1.77. The minimum atomic E-state index is 0. The molecule has 0 aliphatic rings. The van der Waals surface area contributed by atoms with Crippen LogP contribution in [0.3, 0.4) is 0 Å².